The van der Waals surface area contributed by atoms with Crippen molar-refractivity contribution < 1.29 is 5.11 Å². The van der Waals surface area contributed by atoms with E-state index in [4.69, 9.17) is 5.11 Å². The maximum Gasteiger partial charge on any atom is 0.0431 e. The number of rotatable bonds is 12. The fourth-order valence-corrected chi connectivity index (χ4v) is 3.34. The van der Waals surface area contributed by atoms with Crippen molar-refractivity contribution in [2.24, 2.45) is 5.92 Å². The van der Waals surface area contributed by atoms with Gasteiger partial charge in [0.1, 0.15) is 0 Å². The van der Waals surface area contributed by atoms with Gasteiger partial charge >= 0.3 is 0 Å². The number of unbranched alkanes of at least 4 members (excludes halogenated alkanes) is 7. The summed E-state index contributed by atoms with van der Waals surface area (Å²) in [6.07, 6.45) is 16.4. The molecule has 2 heteroatoms. The molecule has 0 amide bonds. The lowest BCUT2D eigenvalue weighted by Gasteiger charge is -2.32. The molecule has 0 radical (unpaired) electrons. The van der Waals surface area contributed by atoms with Crippen LogP contribution in [0.1, 0.15) is 84.0 Å². The zero-order chi connectivity index (χ0) is 14.5. The molecule has 1 fully saturated rings. The van der Waals surface area contributed by atoms with Crippen molar-refractivity contribution in [1.29, 1.82) is 0 Å². The van der Waals surface area contributed by atoms with Crippen molar-refractivity contribution >= 4 is 0 Å². The van der Waals surface area contributed by atoms with Crippen molar-refractivity contribution in [2.75, 3.05) is 26.2 Å². The topological polar surface area (TPSA) is 23.5 Å². The summed E-state index contributed by atoms with van der Waals surface area (Å²) in [4.78, 5) is 2.63. The van der Waals surface area contributed by atoms with Gasteiger partial charge in [0.25, 0.3) is 0 Å². The molecule has 0 saturated carbocycles. The molecule has 0 aromatic heterocycles. The first-order valence-electron chi connectivity index (χ1n) is 9.20. The molecule has 1 N–H and O–H groups in total. The Hall–Kier alpha value is -0.0800. The Kier molecular flexibility index (Phi) is 11.4. The molecule has 0 aromatic carbocycles. The largest absolute Gasteiger partial charge is 0.396 e. The molecule has 0 unspecified atom stereocenters. The average Bonchev–Trinajstić information content (AvgIpc) is 2.49. The second kappa shape index (κ2) is 12.6. The van der Waals surface area contributed by atoms with E-state index in [9.17, 15) is 0 Å². The molecule has 1 saturated heterocycles. The highest BCUT2D eigenvalue weighted by molar-refractivity contribution is 4.72. The third-order valence-corrected chi connectivity index (χ3v) is 4.81. The molecule has 1 aliphatic heterocycles. The highest BCUT2D eigenvalue weighted by atomic mass is 16.2. The van der Waals surface area contributed by atoms with E-state index in [0.717, 1.165) is 12.3 Å². The summed E-state index contributed by atoms with van der Waals surface area (Å²) in [5, 5.41) is 8.77. The Balaban J connectivity index is 1.91. The molecule has 1 aliphatic rings. The van der Waals surface area contributed by atoms with Gasteiger partial charge in [0.05, 0.1) is 0 Å². The summed E-state index contributed by atoms with van der Waals surface area (Å²) in [5.41, 5.74) is 0. The smallest absolute Gasteiger partial charge is 0.0431 e. The molecule has 2 nitrogen and oxygen atoms in total. The van der Waals surface area contributed by atoms with E-state index >= 15 is 0 Å². The van der Waals surface area contributed by atoms with Crippen LogP contribution in [0.2, 0.25) is 0 Å². The first-order chi connectivity index (χ1) is 9.86. The third-order valence-electron chi connectivity index (χ3n) is 4.81. The van der Waals surface area contributed by atoms with Crippen LogP contribution in [0.15, 0.2) is 0 Å². The van der Waals surface area contributed by atoms with Crippen LogP contribution in [-0.4, -0.2) is 36.2 Å². The molecular weight excluding hydrogens is 246 g/mol. The van der Waals surface area contributed by atoms with E-state index in [1.807, 2.05) is 0 Å². The number of nitrogens with zero attached hydrogens (tertiary/aromatic N) is 1. The fourth-order valence-electron chi connectivity index (χ4n) is 3.34. The minimum absolute atomic E-state index is 0.361. The van der Waals surface area contributed by atoms with Crippen LogP contribution in [-0.2, 0) is 0 Å². The van der Waals surface area contributed by atoms with Crippen LogP contribution in [0.3, 0.4) is 0 Å². The minimum atomic E-state index is 0.361. The molecule has 0 spiro atoms. The van der Waals surface area contributed by atoms with Crippen LogP contribution in [0.25, 0.3) is 0 Å². The van der Waals surface area contributed by atoms with Crippen LogP contribution in [0, 0.1) is 5.92 Å². The standard InChI is InChI=1S/C18H37NO/c1-2-3-4-5-6-8-11-18-12-15-19(16-13-18)14-9-7-10-17-20/h18,20H,2-17H2,1H3. The van der Waals surface area contributed by atoms with Crippen molar-refractivity contribution in [3.8, 4) is 0 Å². The number of likely N-dealkylation sites (tertiary alicyclic amines) is 1. The highest BCUT2D eigenvalue weighted by Crippen LogP contribution is 2.23. The van der Waals surface area contributed by atoms with Crippen LogP contribution >= 0.6 is 0 Å². The molecule has 0 bridgehead atoms. The molecule has 0 atom stereocenters. The number of aliphatic hydroxyl groups excluding tert-OH is 1. The second-order valence-electron chi connectivity index (χ2n) is 6.63. The normalized spacial score (nSPS) is 17.7. The van der Waals surface area contributed by atoms with Gasteiger partial charge in [0, 0.05) is 6.61 Å². The van der Waals surface area contributed by atoms with Gasteiger partial charge < -0.3 is 10.0 Å². The van der Waals surface area contributed by atoms with Crippen LogP contribution in [0.5, 0.6) is 0 Å². The molecule has 0 aliphatic carbocycles. The number of piperidine rings is 1. The third kappa shape index (κ3) is 8.97. The Morgan fingerprint density at radius 2 is 1.50 bits per heavy atom. The quantitative estimate of drug-likeness (QED) is 0.529. The van der Waals surface area contributed by atoms with E-state index in [1.54, 1.807) is 0 Å². The SMILES string of the molecule is CCCCCCCCC1CCN(CCCCCO)CC1. The van der Waals surface area contributed by atoms with Gasteiger partial charge in [-0.15, -0.1) is 0 Å². The maximum atomic E-state index is 8.77. The van der Waals surface area contributed by atoms with Gasteiger partial charge in [-0.25, -0.2) is 0 Å². The van der Waals surface area contributed by atoms with Crippen LogP contribution in [0.4, 0.5) is 0 Å². The lowest BCUT2D eigenvalue weighted by molar-refractivity contribution is 0.172. The maximum absolute atomic E-state index is 8.77. The summed E-state index contributed by atoms with van der Waals surface area (Å²) in [6.45, 7) is 6.54. The number of hydrogen-bond acceptors (Lipinski definition) is 2. The molecule has 20 heavy (non-hydrogen) atoms. The number of hydrogen-bond donors (Lipinski definition) is 1. The van der Waals surface area contributed by atoms with Crippen molar-refractivity contribution in [1.82, 2.24) is 4.90 Å². The van der Waals surface area contributed by atoms with Gasteiger partial charge in [0.2, 0.25) is 0 Å². The minimum Gasteiger partial charge on any atom is -0.396 e. The summed E-state index contributed by atoms with van der Waals surface area (Å²) < 4.78 is 0. The predicted molar refractivity (Wildman–Crippen MR) is 88.1 cm³/mol. The monoisotopic (exact) mass is 283 g/mol. The van der Waals surface area contributed by atoms with Crippen molar-refractivity contribution in [3.63, 3.8) is 0 Å². The van der Waals surface area contributed by atoms with E-state index in [2.05, 4.69) is 11.8 Å². The molecular formula is C18H37NO. The average molecular weight is 284 g/mol. The van der Waals surface area contributed by atoms with Gasteiger partial charge in [-0.1, -0.05) is 51.9 Å². The zero-order valence-corrected chi connectivity index (χ0v) is 13.8. The lowest BCUT2D eigenvalue weighted by atomic mass is 9.91. The Labute approximate surface area is 126 Å². The first kappa shape index (κ1) is 18.0. The van der Waals surface area contributed by atoms with Gasteiger partial charge in [-0.3, -0.25) is 0 Å². The van der Waals surface area contributed by atoms with E-state index < -0.39 is 0 Å². The summed E-state index contributed by atoms with van der Waals surface area (Å²) in [5.74, 6) is 1.01. The fraction of sp³-hybridized carbons (Fsp3) is 1.00. The van der Waals surface area contributed by atoms with Crippen molar-refractivity contribution in [2.45, 2.75) is 84.0 Å². The first-order valence-corrected chi connectivity index (χ1v) is 9.20. The summed E-state index contributed by atoms with van der Waals surface area (Å²) >= 11 is 0. The van der Waals surface area contributed by atoms with Crippen molar-refractivity contribution in [3.05, 3.63) is 0 Å². The molecule has 1 rings (SSSR count). The summed E-state index contributed by atoms with van der Waals surface area (Å²) in [6, 6.07) is 0. The number of aliphatic hydroxyl groups is 1. The Morgan fingerprint density at radius 1 is 0.850 bits per heavy atom. The highest BCUT2D eigenvalue weighted by Gasteiger charge is 2.18. The predicted octanol–water partition coefficient (Wildman–Crippen LogP) is 4.61. The van der Waals surface area contributed by atoms with Gasteiger partial charge in [0.15, 0.2) is 0 Å². The van der Waals surface area contributed by atoms with Gasteiger partial charge in [-0.2, -0.15) is 0 Å². The molecule has 120 valence electrons. The Morgan fingerprint density at radius 3 is 2.20 bits per heavy atom. The second-order valence-corrected chi connectivity index (χ2v) is 6.63. The summed E-state index contributed by atoms with van der Waals surface area (Å²) in [7, 11) is 0. The van der Waals surface area contributed by atoms with E-state index in [1.165, 1.54) is 90.3 Å². The van der Waals surface area contributed by atoms with E-state index in [-0.39, 0.29) is 0 Å². The van der Waals surface area contributed by atoms with Crippen LogP contribution < -0.4 is 0 Å². The van der Waals surface area contributed by atoms with E-state index in [0.29, 0.717) is 6.61 Å². The molecule has 0 aromatic rings. The lowest BCUT2D eigenvalue weighted by Crippen LogP contribution is -2.34. The zero-order valence-electron chi connectivity index (χ0n) is 13.8. The van der Waals surface area contributed by atoms with Gasteiger partial charge in [-0.05, 0) is 57.7 Å². The Bertz CT molecular complexity index is 200. The molecule has 1 heterocycles.